The number of hydrogen-bond acceptors (Lipinski definition) is 7. The lowest BCUT2D eigenvalue weighted by Gasteiger charge is -2.10. The van der Waals surface area contributed by atoms with Crippen molar-refractivity contribution < 1.29 is 4.52 Å². The Kier molecular flexibility index (Phi) is 4.74. The summed E-state index contributed by atoms with van der Waals surface area (Å²) in [7, 11) is 0. The second-order valence-corrected chi connectivity index (χ2v) is 6.58. The van der Waals surface area contributed by atoms with E-state index in [-0.39, 0.29) is 0 Å². The fourth-order valence-electron chi connectivity index (χ4n) is 2.54. The molecular formula is C18H16N6OS. The number of rotatable bonds is 6. The monoisotopic (exact) mass is 364 g/mol. The minimum atomic E-state index is 0.546. The Morgan fingerprint density at radius 1 is 1.04 bits per heavy atom. The van der Waals surface area contributed by atoms with Gasteiger partial charge < -0.3 is 4.52 Å². The molecule has 1 aromatic carbocycles. The van der Waals surface area contributed by atoms with Crippen LogP contribution < -0.4 is 0 Å². The fourth-order valence-corrected chi connectivity index (χ4v) is 3.32. The molecule has 0 N–H and O–H groups in total. The smallest absolute Gasteiger partial charge is 0.237 e. The van der Waals surface area contributed by atoms with Crippen LogP contribution in [0.4, 0.5) is 0 Å². The first-order valence-electron chi connectivity index (χ1n) is 8.09. The quantitative estimate of drug-likeness (QED) is 0.485. The largest absolute Gasteiger partial charge is 0.338 e. The molecule has 0 saturated heterocycles. The zero-order valence-electron chi connectivity index (χ0n) is 14.1. The van der Waals surface area contributed by atoms with Gasteiger partial charge >= 0.3 is 0 Å². The van der Waals surface area contributed by atoms with Crippen molar-refractivity contribution in [1.29, 1.82) is 0 Å². The Balaban J connectivity index is 1.65. The first-order chi connectivity index (χ1) is 12.8. The van der Waals surface area contributed by atoms with Crippen molar-refractivity contribution in [1.82, 2.24) is 29.9 Å². The Bertz CT molecular complexity index is 983. The van der Waals surface area contributed by atoms with Crippen molar-refractivity contribution in [3.63, 3.8) is 0 Å². The number of benzene rings is 1. The molecular weight excluding hydrogens is 348 g/mol. The minimum Gasteiger partial charge on any atom is -0.338 e. The minimum absolute atomic E-state index is 0.546. The number of pyridine rings is 1. The van der Waals surface area contributed by atoms with E-state index in [9.17, 15) is 0 Å². The van der Waals surface area contributed by atoms with E-state index in [1.54, 1.807) is 19.3 Å². The molecule has 3 aromatic heterocycles. The second-order valence-electron chi connectivity index (χ2n) is 5.64. The Hall–Kier alpha value is -3.00. The molecule has 130 valence electrons. The van der Waals surface area contributed by atoms with Crippen LogP contribution in [0.15, 0.2) is 64.5 Å². The lowest BCUT2D eigenvalue weighted by molar-refractivity contribution is 0.387. The van der Waals surface area contributed by atoms with E-state index >= 15 is 0 Å². The molecule has 7 nitrogen and oxygen atoms in total. The van der Waals surface area contributed by atoms with E-state index in [0.717, 1.165) is 16.5 Å². The molecule has 0 aliphatic carbocycles. The summed E-state index contributed by atoms with van der Waals surface area (Å²) >= 11 is 1.53. The molecule has 0 fully saturated rings. The van der Waals surface area contributed by atoms with Crippen LogP contribution in [0.25, 0.3) is 11.4 Å². The van der Waals surface area contributed by atoms with Gasteiger partial charge in [-0.1, -0.05) is 47.3 Å². The maximum Gasteiger partial charge on any atom is 0.237 e. The van der Waals surface area contributed by atoms with Gasteiger partial charge in [-0.05, 0) is 24.6 Å². The predicted octanol–water partition coefficient (Wildman–Crippen LogP) is 3.37. The van der Waals surface area contributed by atoms with Gasteiger partial charge in [-0.2, -0.15) is 4.98 Å². The highest BCUT2D eigenvalue weighted by atomic mass is 32.2. The van der Waals surface area contributed by atoms with Crippen LogP contribution in [-0.4, -0.2) is 29.9 Å². The third-order valence-corrected chi connectivity index (χ3v) is 4.68. The molecule has 0 aliphatic heterocycles. The van der Waals surface area contributed by atoms with Crippen molar-refractivity contribution in [2.45, 2.75) is 24.4 Å². The van der Waals surface area contributed by atoms with Crippen molar-refractivity contribution in [2.24, 2.45) is 0 Å². The average Bonchev–Trinajstić information content (AvgIpc) is 3.28. The Morgan fingerprint density at radius 3 is 2.58 bits per heavy atom. The Labute approximate surface area is 154 Å². The van der Waals surface area contributed by atoms with E-state index < -0.39 is 0 Å². The van der Waals surface area contributed by atoms with Crippen molar-refractivity contribution in [2.75, 3.05) is 0 Å². The van der Waals surface area contributed by atoms with Gasteiger partial charge in [0.05, 0.1) is 12.3 Å². The van der Waals surface area contributed by atoms with Gasteiger partial charge in [-0.15, -0.1) is 10.2 Å². The van der Waals surface area contributed by atoms with Crippen LogP contribution in [0.5, 0.6) is 0 Å². The zero-order valence-corrected chi connectivity index (χ0v) is 14.9. The predicted molar refractivity (Wildman–Crippen MR) is 97.4 cm³/mol. The molecule has 4 aromatic rings. The SMILES string of the molecule is Cc1noc(CSc2nnc(-c3ccncc3)n2Cc2ccccc2)n1. The lowest BCUT2D eigenvalue weighted by atomic mass is 10.2. The average molecular weight is 364 g/mol. The highest BCUT2D eigenvalue weighted by Gasteiger charge is 2.16. The summed E-state index contributed by atoms with van der Waals surface area (Å²) in [6, 6.07) is 14.1. The summed E-state index contributed by atoms with van der Waals surface area (Å²) < 4.78 is 7.28. The van der Waals surface area contributed by atoms with E-state index in [2.05, 4.69) is 42.0 Å². The molecule has 0 aliphatic rings. The molecule has 3 heterocycles. The zero-order chi connectivity index (χ0) is 17.8. The summed E-state index contributed by atoms with van der Waals surface area (Å²) in [5.41, 5.74) is 2.15. The lowest BCUT2D eigenvalue weighted by Crippen LogP contribution is -2.04. The molecule has 0 unspecified atom stereocenters. The molecule has 4 rings (SSSR count). The van der Waals surface area contributed by atoms with Crippen LogP contribution >= 0.6 is 11.8 Å². The maximum atomic E-state index is 5.19. The maximum absolute atomic E-state index is 5.19. The van der Waals surface area contributed by atoms with Gasteiger partial charge in [0.2, 0.25) is 5.89 Å². The third kappa shape index (κ3) is 3.65. The molecule has 0 bridgehead atoms. The van der Waals surface area contributed by atoms with E-state index in [4.69, 9.17) is 4.52 Å². The summed E-state index contributed by atoms with van der Waals surface area (Å²) in [5.74, 6) is 2.56. The normalized spacial score (nSPS) is 11.0. The molecule has 0 amide bonds. The van der Waals surface area contributed by atoms with Crippen LogP contribution in [-0.2, 0) is 12.3 Å². The van der Waals surface area contributed by atoms with Gasteiger partial charge in [0.1, 0.15) is 0 Å². The van der Waals surface area contributed by atoms with Crippen LogP contribution in [0.1, 0.15) is 17.3 Å². The summed E-state index contributed by atoms with van der Waals surface area (Å²) in [4.78, 5) is 8.32. The highest BCUT2D eigenvalue weighted by molar-refractivity contribution is 7.98. The van der Waals surface area contributed by atoms with Crippen LogP contribution in [0.2, 0.25) is 0 Å². The van der Waals surface area contributed by atoms with Crippen LogP contribution in [0, 0.1) is 6.92 Å². The topological polar surface area (TPSA) is 82.5 Å². The van der Waals surface area contributed by atoms with Crippen molar-refractivity contribution in [3.05, 3.63) is 72.1 Å². The number of thioether (sulfide) groups is 1. The van der Waals surface area contributed by atoms with Gasteiger partial charge in [0.25, 0.3) is 0 Å². The van der Waals surface area contributed by atoms with Gasteiger partial charge in [0, 0.05) is 18.0 Å². The van der Waals surface area contributed by atoms with Crippen molar-refractivity contribution in [3.8, 4) is 11.4 Å². The highest BCUT2D eigenvalue weighted by Crippen LogP contribution is 2.26. The second kappa shape index (κ2) is 7.49. The third-order valence-electron chi connectivity index (χ3n) is 3.73. The number of aryl methyl sites for hydroxylation is 1. The molecule has 26 heavy (non-hydrogen) atoms. The van der Waals surface area contributed by atoms with E-state index in [1.807, 2.05) is 30.3 Å². The van der Waals surface area contributed by atoms with Crippen molar-refractivity contribution >= 4 is 11.8 Å². The summed E-state index contributed by atoms with van der Waals surface area (Å²) in [5, 5.41) is 13.4. The van der Waals surface area contributed by atoms with Gasteiger partial charge in [0.15, 0.2) is 16.8 Å². The molecule has 8 heteroatoms. The Morgan fingerprint density at radius 2 is 1.85 bits per heavy atom. The van der Waals surface area contributed by atoms with E-state index in [1.165, 1.54) is 17.3 Å². The molecule has 0 saturated carbocycles. The van der Waals surface area contributed by atoms with Gasteiger partial charge in [-0.25, -0.2) is 0 Å². The number of nitrogens with zero attached hydrogens (tertiary/aromatic N) is 6. The van der Waals surface area contributed by atoms with Crippen LogP contribution in [0.3, 0.4) is 0 Å². The summed E-state index contributed by atoms with van der Waals surface area (Å²) in [6.45, 7) is 2.48. The standard InChI is InChI=1S/C18H16N6OS/c1-13-20-16(25-23-13)12-26-18-22-21-17(15-7-9-19-10-8-15)24(18)11-14-5-3-2-4-6-14/h2-10H,11-12H2,1H3. The first-order valence-corrected chi connectivity index (χ1v) is 9.07. The first kappa shape index (κ1) is 16.5. The molecule has 0 atom stereocenters. The fraction of sp³-hybridized carbons (Fsp3) is 0.167. The van der Waals surface area contributed by atoms with E-state index in [0.29, 0.717) is 24.0 Å². The van der Waals surface area contributed by atoms with Gasteiger partial charge in [-0.3, -0.25) is 9.55 Å². The number of aromatic nitrogens is 6. The molecule has 0 radical (unpaired) electrons. The molecule has 0 spiro atoms. The number of hydrogen-bond donors (Lipinski definition) is 0. The summed E-state index contributed by atoms with van der Waals surface area (Å²) in [6.07, 6.45) is 3.51.